The average molecular weight is 230 g/mol. The zero-order chi connectivity index (χ0) is 12.9. The van der Waals surface area contributed by atoms with Gasteiger partial charge in [-0.3, -0.25) is 4.79 Å². The van der Waals surface area contributed by atoms with E-state index in [0.717, 1.165) is 6.42 Å². The molecule has 0 fully saturated rings. The number of nitrogens with two attached hydrogens (primary N) is 1. The van der Waals surface area contributed by atoms with Crippen LogP contribution in [0.2, 0.25) is 0 Å². The van der Waals surface area contributed by atoms with Crippen molar-refractivity contribution in [2.24, 2.45) is 11.7 Å². The summed E-state index contributed by atoms with van der Waals surface area (Å²) in [7, 11) is 0. The Morgan fingerprint density at radius 3 is 2.19 bits per heavy atom. The number of hydrogen-bond acceptors (Lipinski definition) is 3. The predicted molar refractivity (Wildman–Crippen MR) is 61.8 cm³/mol. The van der Waals surface area contributed by atoms with E-state index in [-0.39, 0.29) is 5.92 Å². The molecule has 16 heavy (non-hydrogen) atoms. The topological polar surface area (TPSA) is 81.4 Å². The van der Waals surface area contributed by atoms with E-state index in [1.807, 2.05) is 13.8 Å². The molecule has 0 saturated heterocycles. The summed E-state index contributed by atoms with van der Waals surface area (Å²) in [5, 5.41) is 2.49. The van der Waals surface area contributed by atoms with Crippen molar-refractivity contribution in [3.05, 3.63) is 0 Å². The number of amides is 2. The molecule has 0 aromatic carbocycles. The van der Waals surface area contributed by atoms with E-state index >= 15 is 0 Å². The summed E-state index contributed by atoms with van der Waals surface area (Å²) in [6.45, 7) is 9.06. The van der Waals surface area contributed by atoms with Gasteiger partial charge in [-0.05, 0) is 26.7 Å². The second-order valence-corrected chi connectivity index (χ2v) is 4.91. The molecule has 0 aromatic rings. The molecule has 0 rings (SSSR count). The van der Waals surface area contributed by atoms with Crippen molar-refractivity contribution in [1.29, 1.82) is 0 Å². The summed E-state index contributed by atoms with van der Waals surface area (Å²) < 4.78 is 5.06. The van der Waals surface area contributed by atoms with Crippen LogP contribution in [0.3, 0.4) is 0 Å². The number of ether oxygens (including phenoxy) is 1. The van der Waals surface area contributed by atoms with Crippen molar-refractivity contribution in [2.75, 3.05) is 0 Å². The van der Waals surface area contributed by atoms with Crippen molar-refractivity contribution in [3.8, 4) is 0 Å². The van der Waals surface area contributed by atoms with Crippen molar-refractivity contribution in [2.45, 2.75) is 52.7 Å². The smallest absolute Gasteiger partial charge is 0.408 e. The number of rotatable bonds is 4. The third-order valence-electron chi connectivity index (χ3n) is 2.19. The summed E-state index contributed by atoms with van der Waals surface area (Å²) in [5.41, 5.74) is 4.63. The van der Waals surface area contributed by atoms with Gasteiger partial charge < -0.3 is 15.8 Å². The molecule has 0 bridgehead atoms. The van der Waals surface area contributed by atoms with E-state index in [1.165, 1.54) is 0 Å². The molecular formula is C11H22N2O3. The number of carbonyl (C=O) groups is 2. The van der Waals surface area contributed by atoms with Crippen LogP contribution in [0.5, 0.6) is 0 Å². The van der Waals surface area contributed by atoms with Gasteiger partial charge in [-0.2, -0.15) is 0 Å². The first-order chi connectivity index (χ1) is 7.17. The molecule has 3 N–H and O–H groups in total. The van der Waals surface area contributed by atoms with E-state index in [4.69, 9.17) is 10.5 Å². The first kappa shape index (κ1) is 14.7. The maximum Gasteiger partial charge on any atom is 0.408 e. The van der Waals surface area contributed by atoms with Crippen LogP contribution < -0.4 is 11.1 Å². The molecule has 0 saturated carbocycles. The van der Waals surface area contributed by atoms with Crippen LogP contribution in [0.1, 0.15) is 41.0 Å². The lowest BCUT2D eigenvalue weighted by Crippen LogP contribution is -2.49. The van der Waals surface area contributed by atoms with Crippen LogP contribution in [-0.2, 0) is 9.53 Å². The molecule has 0 aliphatic carbocycles. The fraction of sp³-hybridized carbons (Fsp3) is 0.818. The SMILES string of the molecule is CC[C@H](C)[C@@H](NC(=O)OC(C)(C)C)C(N)=O. The number of carbonyl (C=O) groups excluding carboxylic acids is 2. The van der Waals surface area contributed by atoms with Gasteiger partial charge in [0.2, 0.25) is 5.91 Å². The molecule has 0 unspecified atom stereocenters. The van der Waals surface area contributed by atoms with Gasteiger partial charge in [0.05, 0.1) is 0 Å². The molecule has 2 atom stereocenters. The standard InChI is InChI=1S/C11H22N2O3/c1-6-7(2)8(9(12)14)13-10(15)16-11(3,4)5/h7-8H,6H2,1-5H3,(H2,12,14)(H,13,15)/t7-,8+/m0/s1. The third kappa shape index (κ3) is 5.58. The molecule has 5 nitrogen and oxygen atoms in total. The van der Waals surface area contributed by atoms with E-state index < -0.39 is 23.6 Å². The minimum Gasteiger partial charge on any atom is -0.444 e. The average Bonchev–Trinajstić information content (AvgIpc) is 2.09. The highest BCUT2D eigenvalue weighted by atomic mass is 16.6. The molecule has 0 heterocycles. The quantitative estimate of drug-likeness (QED) is 0.766. The summed E-state index contributed by atoms with van der Waals surface area (Å²) in [6, 6.07) is -0.681. The molecule has 0 radical (unpaired) electrons. The molecule has 94 valence electrons. The summed E-state index contributed by atoms with van der Waals surface area (Å²) >= 11 is 0. The van der Waals surface area contributed by atoms with Crippen molar-refractivity contribution in [1.82, 2.24) is 5.32 Å². The van der Waals surface area contributed by atoms with Gasteiger partial charge in [0.15, 0.2) is 0 Å². The van der Waals surface area contributed by atoms with E-state index in [1.54, 1.807) is 20.8 Å². The van der Waals surface area contributed by atoms with Crippen LogP contribution in [0.15, 0.2) is 0 Å². The van der Waals surface area contributed by atoms with Crippen LogP contribution in [0.25, 0.3) is 0 Å². The maximum absolute atomic E-state index is 11.5. The molecule has 0 aliphatic heterocycles. The third-order valence-corrected chi connectivity index (χ3v) is 2.19. The Balaban J connectivity index is 4.42. The lowest BCUT2D eigenvalue weighted by atomic mass is 9.99. The molecule has 0 aromatic heterocycles. The second-order valence-electron chi connectivity index (χ2n) is 4.91. The Hall–Kier alpha value is -1.26. The zero-order valence-electron chi connectivity index (χ0n) is 10.7. The minimum absolute atomic E-state index is 0.00924. The highest BCUT2D eigenvalue weighted by Crippen LogP contribution is 2.10. The zero-order valence-corrected chi connectivity index (χ0v) is 10.7. The molecular weight excluding hydrogens is 208 g/mol. The second kappa shape index (κ2) is 5.72. The minimum atomic E-state index is -0.681. The summed E-state index contributed by atoms with van der Waals surface area (Å²) in [4.78, 5) is 22.6. The summed E-state index contributed by atoms with van der Waals surface area (Å²) in [6.07, 6.45) is 0.139. The van der Waals surface area contributed by atoms with E-state index in [0.29, 0.717) is 0 Å². The first-order valence-electron chi connectivity index (χ1n) is 5.46. The summed E-state index contributed by atoms with van der Waals surface area (Å²) in [5.74, 6) is -0.551. The van der Waals surface area contributed by atoms with Crippen molar-refractivity contribution in [3.63, 3.8) is 0 Å². The Bertz CT molecular complexity index is 258. The van der Waals surface area contributed by atoms with Crippen LogP contribution >= 0.6 is 0 Å². The fourth-order valence-corrected chi connectivity index (χ4v) is 1.16. The molecule has 5 heteroatoms. The lowest BCUT2D eigenvalue weighted by molar-refractivity contribution is -0.121. The maximum atomic E-state index is 11.5. The van der Waals surface area contributed by atoms with Gasteiger partial charge in [0, 0.05) is 0 Å². The molecule has 0 spiro atoms. The normalized spacial score (nSPS) is 15.1. The van der Waals surface area contributed by atoms with Gasteiger partial charge >= 0.3 is 6.09 Å². The molecule has 2 amide bonds. The van der Waals surface area contributed by atoms with Crippen LogP contribution in [0.4, 0.5) is 4.79 Å². The Morgan fingerprint density at radius 1 is 1.38 bits per heavy atom. The van der Waals surface area contributed by atoms with Crippen LogP contribution in [0, 0.1) is 5.92 Å². The monoisotopic (exact) mass is 230 g/mol. The fourth-order valence-electron chi connectivity index (χ4n) is 1.16. The van der Waals surface area contributed by atoms with Crippen molar-refractivity contribution < 1.29 is 14.3 Å². The van der Waals surface area contributed by atoms with Gasteiger partial charge in [-0.1, -0.05) is 20.3 Å². The predicted octanol–water partition coefficient (Wildman–Crippen LogP) is 1.41. The Labute approximate surface area is 96.7 Å². The first-order valence-corrected chi connectivity index (χ1v) is 5.46. The lowest BCUT2D eigenvalue weighted by Gasteiger charge is -2.24. The van der Waals surface area contributed by atoms with Crippen molar-refractivity contribution >= 4 is 12.0 Å². The van der Waals surface area contributed by atoms with Gasteiger partial charge in [-0.15, -0.1) is 0 Å². The van der Waals surface area contributed by atoms with Gasteiger partial charge in [0.1, 0.15) is 11.6 Å². The van der Waals surface area contributed by atoms with Crippen LogP contribution in [-0.4, -0.2) is 23.6 Å². The Morgan fingerprint density at radius 2 is 1.88 bits per heavy atom. The molecule has 0 aliphatic rings. The highest BCUT2D eigenvalue weighted by Gasteiger charge is 2.26. The van der Waals surface area contributed by atoms with E-state index in [9.17, 15) is 9.59 Å². The number of primary amides is 1. The highest BCUT2D eigenvalue weighted by molar-refractivity contribution is 5.84. The number of nitrogens with one attached hydrogen (secondary N) is 1. The number of hydrogen-bond donors (Lipinski definition) is 2. The number of alkyl carbamates (subject to hydrolysis) is 1. The largest absolute Gasteiger partial charge is 0.444 e. The Kier molecular flexibility index (Phi) is 5.27. The van der Waals surface area contributed by atoms with E-state index in [2.05, 4.69) is 5.32 Å². The van der Waals surface area contributed by atoms with Gasteiger partial charge in [0.25, 0.3) is 0 Å². The van der Waals surface area contributed by atoms with Gasteiger partial charge in [-0.25, -0.2) is 4.79 Å².